The number of urea groups is 1. The quantitative estimate of drug-likeness (QED) is 0.298. The van der Waals surface area contributed by atoms with Crippen molar-refractivity contribution in [3.8, 4) is 0 Å². The highest BCUT2D eigenvalue weighted by molar-refractivity contribution is 5.73. The lowest BCUT2D eigenvalue weighted by Gasteiger charge is -2.14. The van der Waals surface area contributed by atoms with E-state index in [-0.39, 0.29) is 6.03 Å². The molecular formula is C7H15N5O. The van der Waals surface area contributed by atoms with Gasteiger partial charge in [0.1, 0.15) is 0 Å². The van der Waals surface area contributed by atoms with E-state index >= 15 is 0 Å². The Morgan fingerprint density at radius 1 is 1.69 bits per heavy atom. The van der Waals surface area contributed by atoms with Gasteiger partial charge >= 0.3 is 6.03 Å². The molecule has 0 saturated heterocycles. The van der Waals surface area contributed by atoms with Gasteiger partial charge in [0.2, 0.25) is 0 Å². The van der Waals surface area contributed by atoms with Gasteiger partial charge in [0.05, 0.1) is 0 Å². The molecule has 0 atom stereocenters. The summed E-state index contributed by atoms with van der Waals surface area (Å²) in [6.07, 6.45) is 0.674. The predicted octanol–water partition coefficient (Wildman–Crippen LogP) is 1.35. The van der Waals surface area contributed by atoms with Gasteiger partial charge in [-0.3, -0.25) is 0 Å². The second-order valence-corrected chi connectivity index (χ2v) is 2.55. The van der Waals surface area contributed by atoms with Gasteiger partial charge in [0.25, 0.3) is 0 Å². The highest BCUT2D eigenvalue weighted by atomic mass is 16.2. The van der Waals surface area contributed by atoms with Crippen molar-refractivity contribution in [2.24, 2.45) is 5.11 Å². The van der Waals surface area contributed by atoms with Crippen molar-refractivity contribution in [2.75, 3.05) is 26.7 Å². The first-order valence-corrected chi connectivity index (χ1v) is 4.22. The van der Waals surface area contributed by atoms with Crippen LogP contribution in [0, 0.1) is 0 Å². The van der Waals surface area contributed by atoms with E-state index in [1.54, 1.807) is 11.9 Å². The SMILES string of the molecule is CCN(C)C(=O)NCCCN=[N+]=[N-]. The molecule has 0 aromatic rings. The molecule has 2 amide bonds. The molecule has 0 fully saturated rings. The number of carbonyl (C=O) groups excluding carboxylic acids is 1. The number of rotatable bonds is 5. The first kappa shape index (κ1) is 11.6. The Labute approximate surface area is 77.5 Å². The van der Waals surface area contributed by atoms with Crippen molar-refractivity contribution in [1.82, 2.24) is 10.2 Å². The minimum absolute atomic E-state index is 0.0940. The fraction of sp³-hybridized carbons (Fsp3) is 0.857. The molecule has 0 rings (SSSR count). The zero-order chi connectivity index (χ0) is 10.1. The second kappa shape index (κ2) is 7.24. The number of hydrogen-bond acceptors (Lipinski definition) is 2. The second-order valence-electron chi connectivity index (χ2n) is 2.55. The van der Waals surface area contributed by atoms with E-state index in [0.717, 1.165) is 0 Å². The van der Waals surface area contributed by atoms with Crippen LogP contribution in [0.15, 0.2) is 5.11 Å². The summed E-state index contributed by atoms with van der Waals surface area (Å²) in [4.78, 5) is 15.3. The zero-order valence-corrected chi connectivity index (χ0v) is 8.03. The third-order valence-electron chi connectivity index (χ3n) is 1.60. The van der Waals surface area contributed by atoms with Crippen molar-refractivity contribution in [1.29, 1.82) is 0 Å². The molecule has 0 aliphatic carbocycles. The van der Waals surface area contributed by atoms with Gasteiger partial charge in [-0.15, -0.1) is 0 Å². The smallest absolute Gasteiger partial charge is 0.317 e. The van der Waals surface area contributed by atoms with E-state index in [1.165, 1.54) is 0 Å². The Bertz CT molecular complexity index is 199. The summed E-state index contributed by atoms with van der Waals surface area (Å²) in [6, 6.07) is -0.0940. The van der Waals surface area contributed by atoms with Crippen LogP contribution in [0.5, 0.6) is 0 Å². The van der Waals surface area contributed by atoms with Gasteiger partial charge in [-0.2, -0.15) is 0 Å². The lowest BCUT2D eigenvalue weighted by molar-refractivity contribution is 0.211. The predicted molar refractivity (Wildman–Crippen MR) is 50.3 cm³/mol. The molecule has 0 aliphatic heterocycles. The molecule has 0 aromatic carbocycles. The van der Waals surface area contributed by atoms with Crippen molar-refractivity contribution < 1.29 is 4.79 Å². The maximum Gasteiger partial charge on any atom is 0.317 e. The third-order valence-corrected chi connectivity index (χ3v) is 1.60. The van der Waals surface area contributed by atoms with Crippen LogP contribution in [0.2, 0.25) is 0 Å². The molecule has 0 heterocycles. The molecule has 0 aromatic heterocycles. The zero-order valence-electron chi connectivity index (χ0n) is 8.03. The lowest BCUT2D eigenvalue weighted by atomic mass is 10.4. The first-order valence-electron chi connectivity index (χ1n) is 4.22. The monoisotopic (exact) mass is 185 g/mol. The number of hydrogen-bond donors (Lipinski definition) is 1. The largest absolute Gasteiger partial charge is 0.338 e. The summed E-state index contributed by atoms with van der Waals surface area (Å²) in [6.45, 7) is 3.55. The minimum Gasteiger partial charge on any atom is -0.338 e. The molecular weight excluding hydrogens is 170 g/mol. The average molecular weight is 185 g/mol. The molecule has 6 nitrogen and oxygen atoms in total. The van der Waals surface area contributed by atoms with Crippen LogP contribution < -0.4 is 5.32 Å². The maximum absolute atomic E-state index is 11.1. The Hall–Kier alpha value is -1.42. The van der Waals surface area contributed by atoms with Crippen LogP contribution in [0.4, 0.5) is 4.79 Å². The van der Waals surface area contributed by atoms with Crippen LogP contribution in [0.1, 0.15) is 13.3 Å². The average Bonchev–Trinajstić information content (AvgIpc) is 2.16. The highest BCUT2D eigenvalue weighted by Gasteiger charge is 2.02. The van der Waals surface area contributed by atoms with E-state index < -0.39 is 0 Å². The van der Waals surface area contributed by atoms with E-state index in [9.17, 15) is 4.79 Å². The number of amides is 2. The van der Waals surface area contributed by atoms with Crippen LogP contribution in [-0.2, 0) is 0 Å². The van der Waals surface area contributed by atoms with Crippen molar-refractivity contribution in [3.05, 3.63) is 10.4 Å². The van der Waals surface area contributed by atoms with E-state index in [0.29, 0.717) is 26.1 Å². The fourth-order valence-corrected chi connectivity index (χ4v) is 0.668. The summed E-state index contributed by atoms with van der Waals surface area (Å²) in [5.41, 5.74) is 7.96. The van der Waals surface area contributed by atoms with Crippen molar-refractivity contribution in [2.45, 2.75) is 13.3 Å². The Balaban J connectivity index is 3.42. The normalized spacial score (nSPS) is 8.77. The number of carbonyl (C=O) groups is 1. The molecule has 0 radical (unpaired) electrons. The Morgan fingerprint density at radius 2 is 2.38 bits per heavy atom. The molecule has 0 bridgehead atoms. The summed E-state index contributed by atoms with van der Waals surface area (Å²) < 4.78 is 0. The van der Waals surface area contributed by atoms with Crippen LogP contribution in [-0.4, -0.2) is 37.6 Å². The third kappa shape index (κ3) is 5.81. The lowest BCUT2D eigenvalue weighted by Crippen LogP contribution is -2.37. The fourth-order valence-electron chi connectivity index (χ4n) is 0.668. The molecule has 0 spiro atoms. The van der Waals surface area contributed by atoms with Gasteiger partial charge in [0, 0.05) is 31.6 Å². The van der Waals surface area contributed by atoms with Gasteiger partial charge in [0.15, 0.2) is 0 Å². The van der Waals surface area contributed by atoms with Crippen molar-refractivity contribution >= 4 is 6.03 Å². The molecule has 6 heteroatoms. The Morgan fingerprint density at radius 3 is 2.92 bits per heavy atom. The molecule has 0 aliphatic rings. The van der Waals surface area contributed by atoms with Crippen LogP contribution in [0.25, 0.3) is 10.4 Å². The van der Waals surface area contributed by atoms with Crippen molar-refractivity contribution in [3.63, 3.8) is 0 Å². The summed E-state index contributed by atoms with van der Waals surface area (Å²) in [5.74, 6) is 0. The Kier molecular flexibility index (Phi) is 6.45. The topological polar surface area (TPSA) is 81.1 Å². The van der Waals surface area contributed by atoms with E-state index in [4.69, 9.17) is 5.53 Å². The maximum atomic E-state index is 11.1. The minimum atomic E-state index is -0.0940. The van der Waals surface area contributed by atoms with Gasteiger partial charge in [-0.05, 0) is 18.9 Å². The van der Waals surface area contributed by atoms with Crippen LogP contribution in [0.3, 0.4) is 0 Å². The summed E-state index contributed by atoms with van der Waals surface area (Å²) in [5, 5.41) is 6.05. The van der Waals surface area contributed by atoms with E-state index in [1.807, 2.05) is 6.92 Å². The van der Waals surface area contributed by atoms with Gasteiger partial charge in [-0.25, -0.2) is 4.79 Å². The number of nitrogens with zero attached hydrogens (tertiary/aromatic N) is 4. The highest BCUT2D eigenvalue weighted by Crippen LogP contribution is 1.84. The summed E-state index contributed by atoms with van der Waals surface area (Å²) in [7, 11) is 1.72. The molecule has 1 N–H and O–H groups in total. The molecule has 0 saturated carbocycles. The number of azide groups is 1. The van der Waals surface area contributed by atoms with Gasteiger partial charge < -0.3 is 10.2 Å². The first-order chi connectivity index (χ1) is 6.22. The van der Waals surface area contributed by atoms with E-state index in [2.05, 4.69) is 15.3 Å². The standard InChI is InChI=1S/C7H15N5O/c1-3-12(2)7(13)9-5-4-6-10-11-8/h3-6H2,1-2H3,(H,9,13). The molecule has 74 valence electrons. The number of nitrogens with one attached hydrogen (secondary N) is 1. The molecule has 13 heavy (non-hydrogen) atoms. The van der Waals surface area contributed by atoms with Crippen LogP contribution >= 0.6 is 0 Å². The summed E-state index contributed by atoms with van der Waals surface area (Å²) >= 11 is 0. The van der Waals surface area contributed by atoms with Gasteiger partial charge in [-0.1, -0.05) is 5.11 Å². The molecule has 0 unspecified atom stereocenters.